The van der Waals surface area contributed by atoms with Gasteiger partial charge in [-0.2, -0.15) is 48.3 Å². The summed E-state index contributed by atoms with van der Waals surface area (Å²) in [5.74, 6) is -2.25. The number of hydrogen-bond donors (Lipinski definition) is 4. The summed E-state index contributed by atoms with van der Waals surface area (Å²) < 4.78 is 178. The van der Waals surface area contributed by atoms with Crippen molar-refractivity contribution in [3.05, 3.63) is 160 Å². The van der Waals surface area contributed by atoms with Gasteiger partial charge in [0, 0.05) is 52.9 Å². The summed E-state index contributed by atoms with van der Waals surface area (Å²) in [6.07, 6.45) is 2.60. The third-order valence-corrected chi connectivity index (χ3v) is 12.2. The quantitative estimate of drug-likeness (QED) is 0.0715. The van der Waals surface area contributed by atoms with Crippen LogP contribution in [0.25, 0.3) is 22.3 Å². The molecule has 0 atom stereocenters. The summed E-state index contributed by atoms with van der Waals surface area (Å²) in [6, 6.07) is 15.7. The van der Waals surface area contributed by atoms with Gasteiger partial charge < -0.3 is 21.1 Å². The molecular weight excluding hydrogens is 1060 g/mol. The van der Waals surface area contributed by atoms with E-state index in [0.29, 0.717) is 11.7 Å². The Labute approximate surface area is 420 Å². The monoisotopic (exact) mass is 1110 g/mol. The Bertz CT molecular complexity index is 2590. The minimum Gasteiger partial charge on any atom is -0.423 e. The summed E-state index contributed by atoms with van der Waals surface area (Å²) >= 11 is 2.52. The van der Waals surface area contributed by atoms with Gasteiger partial charge in [0.25, 0.3) is 0 Å². The second-order valence-corrected chi connectivity index (χ2v) is 17.4. The van der Waals surface area contributed by atoms with Gasteiger partial charge in [0.15, 0.2) is 0 Å². The molecule has 8 rings (SSSR count). The Kier molecular flexibility index (Phi) is 23.1. The highest BCUT2D eigenvalue weighted by molar-refractivity contribution is 9.10. The number of anilines is 1. The molecule has 394 valence electrons. The zero-order valence-corrected chi connectivity index (χ0v) is 40.2. The normalized spacial score (nSPS) is 14.2. The van der Waals surface area contributed by atoms with Crippen molar-refractivity contribution in [1.82, 2.24) is 15.0 Å². The van der Waals surface area contributed by atoms with E-state index < -0.39 is 87.3 Å². The molecule has 6 aromatic rings. The molecule has 7 nitrogen and oxygen atoms in total. The van der Waals surface area contributed by atoms with Gasteiger partial charge in [-0.05, 0) is 127 Å². The smallest absolute Gasteiger partial charge is 0.423 e. The standard InChI is InChI=1S/C19H20F4N2.C12H6F5N.C7H3BrF4.C7H15N.C5H5BFNO2/c20-16-8-4-7-15(19(21,22)23)18(16)14-9-10-17(25-12-14)24-11-13-5-2-1-3-6-13;13-9-3-1-2-8(12(15,16)17)11(9)7-4-5-10(14)18-6-7;8-6-4(7(10,11)12)2-1-3-5(6)9;8-6-7-4-2-1-3-5-7;7-5-2-1-4(3-8-5)6(9)10/h4,7-10,12-13H,1-3,5-6,11H2,(H,24,25);1-6H;1-3H;7H,1-6,8H2;1-3,9-10H. The lowest BCUT2D eigenvalue weighted by Gasteiger charge is -2.22. The summed E-state index contributed by atoms with van der Waals surface area (Å²) in [5, 5.41) is 20.2. The average Bonchev–Trinajstić information content (AvgIpc) is 3.35. The first-order valence-corrected chi connectivity index (χ1v) is 23.4. The number of pyridine rings is 3. The first kappa shape index (κ1) is 59.9. The summed E-state index contributed by atoms with van der Waals surface area (Å²) in [5.41, 5.74) is 1.50. The maximum atomic E-state index is 14.0. The van der Waals surface area contributed by atoms with E-state index in [1.807, 2.05) is 0 Å². The molecule has 0 aliphatic heterocycles. The Morgan fingerprint density at radius 3 is 1.32 bits per heavy atom. The SMILES string of the molecule is Fc1ccc(-c2c(F)cccc2C(F)(F)F)cn1.Fc1cccc(C(F)(F)F)c1-c1ccc(NCC2CCCCC2)nc1.Fc1cccc(C(F)(F)F)c1Br.NCC1CCCCC1.OB(O)c1ccc(F)nc1. The third kappa shape index (κ3) is 19.3. The van der Waals surface area contributed by atoms with Crippen LogP contribution in [-0.4, -0.2) is 45.2 Å². The van der Waals surface area contributed by atoms with Crippen molar-refractivity contribution in [3.63, 3.8) is 0 Å². The molecular formula is C50H49BBrF14N5O2. The second-order valence-electron chi connectivity index (χ2n) is 16.6. The molecule has 0 radical (unpaired) electrons. The molecule has 2 aliphatic rings. The minimum atomic E-state index is -4.69. The van der Waals surface area contributed by atoms with Crippen molar-refractivity contribution in [2.45, 2.75) is 82.7 Å². The van der Waals surface area contributed by atoms with Crippen LogP contribution in [0.15, 0.2) is 114 Å². The van der Waals surface area contributed by atoms with Gasteiger partial charge in [-0.1, -0.05) is 62.8 Å². The lowest BCUT2D eigenvalue weighted by molar-refractivity contribution is -0.138. The van der Waals surface area contributed by atoms with Gasteiger partial charge in [-0.15, -0.1) is 0 Å². The van der Waals surface area contributed by atoms with Gasteiger partial charge in [0.1, 0.15) is 23.3 Å². The zero-order valence-electron chi connectivity index (χ0n) is 38.6. The number of nitrogens with one attached hydrogen (secondary N) is 1. The molecule has 5 N–H and O–H groups in total. The van der Waals surface area contributed by atoms with E-state index in [9.17, 15) is 61.5 Å². The van der Waals surface area contributed by atoms with Gasteiger partial charge >= 0.3 is 25.6 Å². The molecule has 0 spiro atoms. The molecule has 0 unspecified atom stereocenters. The van der Waals surface area contributed by atoms with Crippen LogP contribution in [0.2, 0.25) is 0 Å². The average molecular weight is 1110 g/mol. The number of alkyl halides is 9. The number of nitrogens with two attached hydrogens (primary N) is 1. The van der Waals surface area contributed by atoms with E-state index in [1.165, 1.54) is 82.5 Å². The zero-order chi connectivity index (χ0) is 53.9. The first-order valence-electron chi connectivity index (χ1n) is 22.6. The fourth-order valence-electron chi connectivity index (χ4n) is 7.60. The highest BCUT2D eigenvalue weighted by Crippen LogP contribution is 2.40. The van der Waals surface area contributed by atoms with Crippen molar-refractivity contribution in [1.29, 1.82) is 0 Å². The number of benzene rings is 3. The molecule has 73 heavy (non-hydrogen) atoms. The Morgan fingerprint density at radius 1 is 0.521 bits per heavy atom. The van der Waals surface area contributed by atoms with Crippen LogP contribution < -0.4 is 16.5 Å². The molecule has 0 bridgehead atoms. The van der Waals surface area contributed by atoms with Crippen LogP contribution in [0, 0.1) is 41.2 Å². The molecule has 3 aromatic carbocycles. The first-order chi connectivity index (χ1) is 34.4. The van der Waals surface area contributed by atoms with Crippen molar-refractivity contribution in [3.8, 4) is 22.3 Å². The number of halogens is 15. The van der Waals surface area contributed by atoms with E-state index in [-0.39, 0.29) is 16.6 Å². The van der Waals surface area contributed by atoms with Crippen LogP contribution in [0.3, 0.4) is 0 Å². The van der Waals surface area contributed by atoms with E-state index in [2.05, 4.69) is 36.2 Å². The Morgan fingerprint density at radius 2 is 0.945 bits per heavy atom. The van der Waals surface area contributed by atoms with E-state index in [1.54, 1.807) is 6.07 Å². The van der Waals surface area contributed by atoms with Crippen molar-refractivity contribution >= 4 is 34.3 Å². The molecule has 3 heterocycles. The van der Waals surface area contributed by atoms with Gasteiger partial charge in [0.05, 0.1) is 21.2 Å². The molecule has 23 heteroatoms. The molecule has 0 amide bonds. The van der Waals surface area contributed by atoms with Crippen molar-refractivity contribution < 1.29 is 71.5 Å². The largest absolute Gasteiger partial charge is 0.490 e. The number of hydrogen-bond acceptors (Lipinski definition) is 7. The number of nitrogens with zero attached hydrogens (tertiary/aromatic N) is 3. The van der Waals surface area contributed by atoms with Gasteiger partial charge in [-0.25, -0.2) is 28.1 Å². The van der Waals surface area contributed by atoms with Gasteiger partial charge in [0.2, 0.25) is 11.9 Å². The molecule has 0 saturated heterocycles. The van der Waals surface area contributed by atoms with Crippen LogP contribution in [0.1, 0.15) is 80.9 Å². The summed E-state index contributed by atoms with van der Waals surface area (Å²) in [4.78, 5) is 10.6. The predicted octanol–water partition coefficient (Wildman–Crippen LogP) is 14.0. The maximum absolute atomic E-state index is 14.0. The molecule has 2 saturated carbocycles. The van der Waals surface area contributed by atoms with E-state index >= 15 is 0 Å². The lowest BCUT2D eigenvalue weighted by atomic mass is 9.82. The van der Waals surface area contributed by atoms with Crippen LogP contribution in [0.5, 0.6) is 0 Å². The fourth-order valence-corrected chi connectivity index (χ4v) is 8.09. The number of rotatable bonds is 7. The molecule has 2 aliphatic carbocycles. The molecule has 3 aromatic heterocycles. The van der Waals surface area contributed by atoms with Crippen molar-refractivity contribution in [2.75, 3.05) is 18.4 Å². The lowest BCUT2D eigenvalue weighted by Crippen LogP contribution is -2.30. The third-order valence-electron chi connectivity index (χ3n) is 11.4. The Balaban J connectivity index is 0.000000211. The van der Waals surface area contributed by atoms with Crippen LogP contribution in [0.4, 0.5) is 67.3 Å². The van der Waals surface area contributed by atoms with Crippen LogP contribution >= 0.6 is 15.9 Å². The minimum absolute atomic E-state index is 0.119. The van der Waals surface area contributed by atoms with Crippen LogP contribution in [-0.2, 0) is 18.5 Å². The Hall–Kier alpha value is -5.65. The van der Waals surface area contributed by atoms with Gasteiger partial charge in [-0.3, -0.25) is 0 Å². The maximum Gasteiger partial charge on any atom is 0.490 e. The fraction of sp³-hybridized carbons (Fsp3) is 0.340. The van der Waals surface area contributed by atoms with Crippen molar-refractivity contribution in [2.24, 2.45) is 17.6 Å². The number of aromatic nitrogens is 3. The second kappa shape index (κ2) is 28.1. The van der Waals surface area contributed by atoms with E-state index in [4.69, 9.17) is 15.8 Å². The molecule has 2 fully saturated rings. The predicted molar refractivity (Wildman–Crippen MR) is 253 cm³/mol. The highest BCUT2D eigenvalue weighted by Gasteiger charge is 2.36. The summed E-state index contributed by atoms with van der Waals surface area (Å²) in [6.45, 7) is 1.72. The summed E-state index contributed by atoms with van der Waals surface area (Å²) in [7, 11) is -1.58. The highest BCUT2D eigenvalue weighted by atomic mass is 79.9. The topological polar surface area (TPSA) is 117 Å². The van der Waals surface area contributed by atoms with E-state index in [0.717, 1.165) is 104 Å².